The molecule has 1 rings (SSSR count). The van der Waals surface area contributed by atoms with Crippen LogP contribution in [0.15, 0.2) is 6.20 Å². The van der Waals surface area contributed by atoms with Gasteiger partial charge >= 0.3 is 5.97 Å². The van der Waals surface area contributed by atoms with E-state index in [9.17, 15) is 13.6 Å². The van der Waals surface area contributed by atoms with Crippen molar-refractivity contribution in [1.82, 2.24) is 4.98 Å². The molecule has 1 aromatic rings. The first-order valence-electron chi connectivity index (χ1n) is 4.68. The Balaban J connectivity index is 3.23. The summed E-state index contributed by atoms with van der Waals surface area (Å²) in [4.78, 5) is 14.7. The van der Waals surface area contributed by atoms with Gasteiger partial charge in [-0.15, -0.1) is 11.6 Å². The maximum Gasteiger partial charge on any atom is 0.310 e. The molecule has 0 fully saturated rings. The molecule has 4 nitrogen and oxygen atoms in total. The molecule has 0 amide bonds. The molecule has 1 aromatic heterocycles. The van der Waals surface area contributed by atoms with Gasteiger partial charge in [0, 0.05) is 12.1 Å². The Bertz CT molecular complexity index is 427. The molecule has 0 saturated carbocycles. The Kier molecular flexibility index (Phi) is 4.62. The Hall–Kier alpha value is -1.43. The van der Waals surface area contributed by atoms with Crippen molar-refractivity contribution in [1.29, 1.82) is 0 Å². The van der Waals surface area contributed by atoms with Crippen LogP contribution in [0.1, 0.15) is 23.1 Å². The van der Waals surface area contributed by atoms with E-state index >= 15 is 0 Å². The molecule has 0 spiro atoms. The predicted molar refractivity (Wildman–Crippen MR) is 58.9 cm³/mol. The van der Waals surface area contributed by atoms with Gasteiger partial charge in [-0.05, 0) is 11.1 Å². The summed E-state index contributed by atoms with van der Waals surface area (Å²) in [6, 6.07) is 0. The zero-order valence-corrected chi connectivity index (χ0v) is 9.80. The summed E-state index contributed by atoms with van der Waals surface area (Å²) in [5.74, 6) is -0.994. The average Bonchev–Trinajstić information content (AvgIpc) is 2.30. The zero-order chi connectivity index (χ0) is 13.0. The monoisotopic (exact) mass is 264 g/mol. The number of alkyl halides is 3. The van der Waals surface area contributed by atoms with Gasteiger partial charge in [0.15, 0.2) is 0 Å². The van der Waals surface area contributed by atoms with Gasteiger partial charge in [0.05, 0.1) is 19.1 Å². The molecule has 0 aromatic carbocycles. The Morgan fingerprint density at radius 1 is 1.65 bits per heavy atom. The maximum atomic E-state index is 12.8. The molecule has 0 radical (unpaired) electrons. The van der Waals surface area contributed by atoms with Gasteiger partial charge < -0.3 is 10.5 Å². The standard InChI is InChI=1S/C10H11ClF2N2O2/c1-17-7(16)2-5-4-15-10(14)8(9(12)13)6(5)3-11/h4,9H,2-3H2,1H3,(H2,14,15). The quantitative estimate of drug-likeness (QED) is 0.668. The Morgan fingerprint density at radius 3 is 2.76 bits per heavy atom. The third kappa shape index (κ3) is 3.03. The van der Waals surface area contributed by atoms with Crippen LogP contribution in [0.4, 0.5) is 14.6 Å². The number of hydrogen-bond donors (Lipinski definition) is 1. The van der Waals surface area contributed by atoms with E-state index in [0.717, 1.165) is 0 Å². The number of methoxy groups -OCH3 is 1. The third-order valence-electron chi connectivity index (χ3n) is 2.26. The first-order valence-corrected chi connectivity index (χ1v) is 5.21. The van der Waals surface area contributed by atoms with E-state index in [-0.39, 0.29) is 23.7 Å². The van der Waals surface area contributed by atoms with Gasteiger partial charge in [-0.2, -0.15) is 0 Å². The fourth-order valence-electron chi connectivity index (χ4n) is 1.40. The summed E-state index contributed by atoms with van der Waals surface area (Å²) < 4.78 is 30.0. The van der Waals surface area contributed by atoms with Gasteiger partial charge in [0.1, 0.15) is 5.82 Å². The van der Waals surface area contributed by atoms with Crippen molar-refractivity contribution in [2.24, 2.45) is 0 Å². The number of carbonyl (C=O) groups excluding carboxylic acids is 1. The van der Waals surface area contributed by atoms with Gasteiger partial charge in [-0.25, -0.2) is 13.8 Å². The van der Waals surface area contributed by atoms with Crippen molar-refractivity contribution in [3.8, 4) is 0 Å². The second-order valence-electron chi connectivity index (χ2n) is 3.25. The normalized spacial score (nSPS) is 10.6. The number of pyridine rings is 1. The van der Waals surface area contributed by atoms with Gasteiger partial charge in [0.25, 0.3) is 6.43 Å². The summed E-state index contributed by atoms with van der Waals surface area (Å²) in [5.41, 5.74) is 5.39. The van der Waals surface area contributed by atoms with E-state index in [2.05, 4.69) is 9.72 Å². The molecule has 2 N–H and O–H groups in total. The SMILES string of the molecule is COC(=O)Cc1cnc(N)c(C(F)F)c1CCl. The molecule has 94 valence electrons. The van der Waals surface area contributed by atoms with Crippen molar-refractivity contribution in [2.45, 2.75) is 18.7 Å². The summed E-state index contributed by atoms with van der Waals surface area (Å²) in [7, 11) is 1.21. The Labute approximate surface area is 102 Å². The zero-order valence-electron chi connectivity index (χ0n) is 9.04. The maximum absolute atomic E-state index is 12.8. The van der Waals surface area contributed by atoms with Crippen LogP contribution in [-0.4, -0.2) is 18.1 Å². The lowest BCUT2D eigenvalue weighted by atomic mass is 10.0. The summed E-state index contributed by atoms with van der Waals surface area (Å²) >= 11 is 5.61. The molecule has 0 aliphatic rings. The highest BCUT2D eigenvalue weighted by molar-refractivity contribution is 6.17. The first kappa shape index (κ1) is 13.6. The number of esters is 1. The minimum Gasteiger partial charge on any atom is -0.469 e. The van der Waals surface area contributed by atoms with Crippen molar-refractivity contribution in [3.05, 3.63) is 22.9 Å². The number of anilines is 1. The van der Waals surface area contributed by atoms with Crippen molar-refractivity contribution < 1.29 is 18.3 Å². The minimum absolute atomic E-state index is 0.138. The summed E-state index contributed by atoms with van der Waals surface area (Å²) in [6.45, 7) is 0. The molecule has 0 atom stereocenters. The van der Waals surface area contributed by atoms with Crippen LogP contribution in [-0.2, 0) is 21.8 Å². The average molecular weight is 265 g/mol. The molecule has 7 heteroatoms. The van der Waals surface area contributed by atoms with Crippen LogP contribution in [0.2, 0.25) is 0 Å². The molecule has 1 heterocycles. The molecule has 17 heavy (non-hydrogen) atoms. The van der Waals surface area contributed by atoms with Gasteiger partial charge in [-0.3, -0.25) is 4.79 Å². The topological polar surface area (TPSA) is 65.2 Å². The van der Waals surface area contributed by atoms with Crippen molar-refractivity contribution in [3.63, 3.8) is 0 Å². The predicted octanol–water partition coefficient (Wildman–Crippen LogP) is 2.06. The van der Waals surface area contributed by atoms with Gasteiger partial charge in [0.2, 0.25) is 0 Å². The van der Waals surface area contributed by atoms with Crippen molar-refractivity contribution >= 4 is 23.4 Å². The minimum atomic E-state index is -2.78. The van der Waals surface area contributed by atoms with Crippen LogP contribution in [0.5, 0.6) is 0 Å². The smallest absolute Gasteiger partial charge is 0.310 e. The molecular formula is C10H11ClF2N2O2. The number of ether oxygens (including phenoxy) is 1. The number of nitrogen functional groups attached to an aromatic ring is 1. The number of aromatic nitrogens is 1. The highest BCUT2D eigenvalue weighted by atomic mass is 35.5. The largest absolute Gasteiger partial charge is 0.469 e. The summed E-state index contributed by atoms with van der Waals surface area (Å²) in [5, 5.41) is 0. The highest BCUT2D eigenvalue weighted by Crippen LogP contribution is 2.30. The van der Waals surface area contributed by atoms with Crippen LogP contribution < -0.4 is 5.73 Å². The van der Waals surface area contributed by atoms with Crippen LogP contribution in [0, 0.1) is 0 Å². The second-order valence-corrected chi connectivity index (χ2v) is 3.52. The van der Waals surface area contributed by atoms with E-state index in [1.165, 1.54) is 13.3 Å². The Morgan fingerprint density at radius 2 is 2.29 bits per heavy atom. The van der Waals surface area contributed by atoms with E-state index < -0.39 is 18.0 Å². The number of rotatable bonds is 4. The second kappa shape index (κ2) is 5.77. The highest BCUT2D eigenvalue weighted by Gasteiger charge is 2.21. The lowest BCUT2D eigenvalue weighted by molar-refractivity contribution is -0.139. The number of halogens is 3. The van der Waals surface area contributed by atoms with Gasteiger partial charge in [-0.1, -0.05) is 0 Å². The van der Waals surface area contributed by atoms with E-state index in [1.807, 2.05) is 0 Å². The fraction of sp³-hybridized carbons (Fsp3) is 0.400. The molecular weight excluding hydrogens is 254 g/mol. The summed E-state index contributed by atoms with van der Waals surface area (Å²) in [6.07, 6.45) is -1.68. The molecule has 0 aliphatic heterocycles. The molecule has 0 bridgehead atoms. The lowest BCUT2D eigenvalue weighted by Gasteiger charge is -2.13. The molecule has 0 unspecified atom stereocenters. The number of nitrogens with two attached hydrogens (primary N) is 1. The number of nitrogens with zero attached hydrogens (tertiary/aromatic N) is 1. The third-order valence-corrected chi connectivity index (χ3v) is 2.53. The van der Waals surface area contributed by atoms with Crippen LogP contribution >= 0.6 is 11.6 Å². The van der Waals surface area contributed by atoms with E-state index in [0.29, 0.717) is 5.56 Å². The van der Waals surface area contributed by atoms with Crippen LogP contribution in [0.25, 0.3) is 0 Å². The van der Waals surface area contributed by atoms with Crippen molar-refractivity contribution in [2.75, 3.05) is 12.8 Å². The number of hydrogen-bond acceptors (Lipinski definition) is 4. The first-order chi connectivity index (χ1) is 8.01. The lowest BCUT2D eigenvalue weighted by Crippen LogP contribution is -2.11. The molecule has 0 aliphatic carbocycles. The molecule has 0 saturated heterocycles. The van der Waals surface area contributed by atoms with E-state index in [1.54, 1.807) is 0 Å². The van der Waals surface area contributed by atoms with E-state index in [4.69, 9.17) is 17.3 Å². The van der Waals surface area contributed by atoms with Crippen LogP contribution in [0.3, 0.4) is 0 Å². The fourth-order valence-corrected chi connectivity index (χ4v) is 1.72. The number of carbonyl (C=O) groups is 1.